The SMILES string of the molecule is C=C[C@H](CCC(=C)C)C(=O)N(CC)CC(=O)OCC. The Morgan fingerprint density at radius 1 is 1.37 bits per heavy atom. The fraction of sp³-hybridized carbons (Fsp3) is 0.600. The molecule has 0 saturated carbocycles. The number of carbonyl (C=O) groups excluding carboxylic acids is 2. The average molecular weight is 267 g/mol. The molecule has 0 saturated heterocycles. The van der Waals surface area contributed by atoms with Crippen LogP contribution in [0.1, 0.15) is 33.6 Å². The van der Waals surface area contributed by atoms with Gasteiger partial charge >= 0.3 is 5.97 Å². The molecule has 0 bridgehead atoms. The molecular formula is C15H25NO3. The smallest absolute Gasteiger partial charge is 0.325 e. The van der Waals surface area contributed by atoms with Crippen LogP contribution in [0, 0.1) is 5.92 Å². The van der Waals surface area contributed by atoms with Crippen molar-refractivity contribution in [1.82, 2.24) is 4.90 Å². The van der Waals surface area contributed by atoms with Gasteiger partial charge in [-0.1, -0.05) is 11.6 Å². The fourth-order valence-corrected chi connectivity index (χ4v) is 1.69. The summed E-state index contributed by atoms with van der Waals surface area (Å²) in [5.74, 6) is -0.724. The lowest BCUT2D eigenvalue weighted by atomic mass is 9.99. The molecular weight excluding hydrogens is 242 g/mol. The molecule has 0 heterocycles. The van der Waals surface area contributed by atoms with E-state index in [0.29, 0.717) is 19.6 Å². The van der Waals surface area contributed by atoms with E-state index >= 15 is 0 Å². The van der Waals surface area contributed by atoms with Crippen LogP contribution in [0.25, 0.3) is 0 Å². The third-order valence-corrected chi connectivity index (χ3v) is 2.80. The quantitative estimate of drug-likeness (QED) is 0.476. The Morgan fingerprint density at radius 2 is 2.00 bits per heavy atom. The Morgan fingerprint density at radius 3 is 2.42 bits per heavy atom. The van der Waals surface area contributed by atoms with Crippen LogP contribution in [0.4, 0.5) is 0 Å². The number of allylic oxidation sites excluding steroid dienone is 1. The van der Waals surface area contributed by atoms with E-state index in [9.17, 15) is 9.59 Å². The van der Waals surface area contributed by atoms with Gasteiger partial charge in [0.2, 0.25) is 5.91 Å². The Bertz CT molecular complexity index is 336. The van der Waals surface area contributed by atoms with Crippen molar-refractivity contribution in [3.05, 3.63) is 24.8 Å². The molecule has 0 N–H and O–H groups in total. The van der Waals surface area contributed by atoms with Crippen LogP contribution >= 0.6 is 0 Å². The van der Waals surface area contributed by atoms with Crippen LogP contribution < -0.4 is 0 Å². The Hall–Kier alpha value is -1.58. The van der Waals surface area contributed by atoms with Crippen molar-refractivity contribution in [2.75, 3.05) is 19.7 Å². The lowest BCUT2D eigenvalue weighted by Crippen LogP contribution is -2.39. The number of hydrogen-bond donors (Lipinski definition) is 0. The first kappa shape index (κ1) is 17.4. The van der Waals surface area contributed by atoms with Crippen LogP contribution in [0.3, 0.4) is 0 Å². The predicted octanol–water partition coefficient (Wildman–Crippen LogP) is 2.56. The fourth-order valence-electron chi connectivity index (χ4n) is 1.69. The second-order valence-corrected chi connectivity index (χ2v) is 4.50. The van der Waals surface area contributed by atoms with Crippen molar-refractivity contribution in [2.45, 2.75) is 33.6 Å². The van der Waals surface area contributed by atoms with Gasteiger partial charge in [-0.05, 0) is 33.6 Å². The highest BCUT2D eigenvalue weighted by molar-refractivity contribution is 5.84. The summed E-state index contributed by atoms with van der Waals surface area (Å²) in [6.45, 7) is 13.9. The zero-order valence-electron chi connectivity index (χ0n) is 12.3. The maximum Gasteiger partial charge on any atom is 0.325 e. The minimum absolute atomic E-state index is 0.000580. The molecule has 0 aromatic carbocycles. The van der Waals surface area contributed by atoms with E-state index in [-0.39, 0.29) is 24.3 Å². The normalized spacial score (nSPS) is 11.5. The summed E-state index contributed by atoms with van der Waals surface area (Å²) in [5, 5.41) is 0. The van der Waals surface area contributed by atoms with E-state index in [1.165, 1.54) is 4.90 Å². The molecule has 0 aromatic rings. The molecule has 4 heteroatoms. The number of esters is 1. The van der Waals surface area contributed by atoms with Crippen molar-refractivity contribution >= 4 is 11.9 Å². The zero-order chi connectivity index (χ0) is 14.8. The number of amides is 1. The van der Waals surface area contributed by atoms with Gasteiger partial charge in [0.1, 0.15) is 6.54 Å². The first-order valence-corrected chi connectivity index (χ1v) is 6.67. The molecule has 0 fully saturated rings. The van der Waals surface area contributed by atoms with Gasteiger partial charge in [0.25, 0.3) is 0 Å². The second kappa shape index (κ2) is 9.36. The summed E-state index contributed by atoms with van der Waals surface area (Å²) in [6.07, 6.45) is 3.09. The lowest BCUT2D eigenvalue weighted by molar-refractivity contribution is -0.149. The third kappa shape index (κ3) is 6.79. The van der Waals surface area contributed by atoms with Crippen molar-refractivity contribution in [3.63, 3.8) is 0 Å². The van der Waals surface area contributed by atoms with Crippen LogP contribution in [0.5, 0.6) is 0 Å². The molecule has 0 aliphatic carbocycles. The molecule has 0 spiro atoms. The molecule has 0 radical (unpaired) electrons. The van der Waals surface area contributed by atoms with E-state index in [1.54, 1.807) is 13.0 Å². The first-order chi connectivity index (χ1) is 8.96. The number of rotatable bonds is 9. The second-order valence-electron chi connectivity index (χ2n) is 4.50. The van der Waals surface area contributed by atoms with Crippen molar-refractivity contribution in [2.24, 2.45) is 5.92 Å². The third-order valence-electron chi connectivity index (χ3n) is 2.80. The molecule has 0 rings (SSSR count). The van der Waals surface area contributed by atoms with Crippen molar-refractivity contribution in [1.29, 1.82) is 0 Å². The van der Waals surface area contributed by atoms with Gasteiger partial charge < -0.3 is 9.64 Å². The van der Waals surface area contributed by atoms with Crippen LogP contribution in [0.2, 0.25) is 0 Å². The van der Waals surface area contributed by atoms with E-state index in [2.05, 4.69) is 13.2 Å². The van der Waals surface area contributed by atoms with Crippen molar-refractivity contribution in [3.8, 4) is 0 Å². The van der Waals surface area contributed by atoms with Crippen LogP contribution in [-0.4, -0.2) is 36.5 Å². The van der Waals surface area contributed by atoms with E-state index in [0.717, 1.165) is 12.0 Å². The summed E-state index contributed by atoms with van der Waals surface area (Å²) < 4.78 is 4.86. The maximum absolute atomic E-state index is 12.3. The van der Waals surface area contributed by atoms with Gasteiger partial charge in [-0.3, -0.25) is 9.59 Å². The van der Waals surface area contributed by atoms with E-state index in [1.807, 2.05) is 13.8 Å². The number of carbonyl (C=O) groups is 2. The minimum Gasteiger partial charge on any atom is -0.465 e. The van der Waals surface area contributed by atoms with Crippen LogP contribution in [-0.2, 0) is 14.3 Å². The summed E-state index contributed by atoms with van der Waals surface area (Å²) in [5.41, 5.74) is 1.04. The number of nitrogens with zero attached hydrogens (tertiary/aromatic N) is 1. The average Bonchev–Trinajstić information content (AvgIpc) is 2.36. The highest BCUT2D eigenvalue weighted by Crippen LogP contribution is 2.15. The Kier molecular flexibility index (Phi) is 8.58. The first-order valence-electron chi connectivity index (χ1n) is 6.67. The maximum atomic E-state index is 12.3. The highest BCUT2D eigenvalue weighted by atomic mass is 16.5. The lowest BCUT2D eigenvalue weighted by Gasteiger charge is -2.24. The molecule has 0 aliphatic heterocycles. The Labute approximate surface area is 116 Å². The minimum atomic E-state index is -0.375. The van der Waals surface area contributed by atoms with Gasteiger partial charge in [-0.15, -0.1) is 13.2 Å². The summed E-state index contributed by atoms with van der Waals surface area (Å²) >= 11 is 0. The zero-order valence-corrected chi connectivity index (χ0v) is 12.3. The van der Waals surface area contributed by atoms with Gasteiger partial charge in [0.15, 0.2) is 0 Å². The standard InChI is InChI=1S/C15H25NO3/c1-6-13(10-9-12(4)5)15(18)16(7-2)11-14(17)19-8-3/h6,13H,1,4,7-11H2,2-3,5H3/t13-/m1/s1. The molecule has 4 nitrogen and oxygen atoms in total. The summed E-state index contributed by atoms with van der Waals surface area (Å²) in [4.78, 5) is 25.2. The largest absolute Gasteiger partial charge is 0.465 e. The number of likely N-dealkylation sites (N-methyl/N-ethyl adjacent to an activating group) is 1. The van der Waals surface area contributed by atoms with Gasteiger partial charge in [0.05, 0.1) is 12.5 Å². The molecule has 0 aliphatic rings. The predicted molar refractivity (Wildman–Crippen MR) is 76.6 cm³/mol. The monoisotopic (exact) mass is 267 g/mol. The molecule has 0 aromatic heterocycles. The molecule has 1 amide bonds. The van der Waals surface area contributed by atoms with E-state index in [4.69, 9.17) is 4.74 Å². The van der Waals surface area contributed by atoms with Gasteiger partial charge in [0, 0.05) is 6.54 Å². The summed E-state index contributed by atoms with van der Waals surface area (Å²) in [6, 6.07) is 0. The molecule has 19 heavy (non-hydrogen) atoms. The highest BCUT2D eigenvalue weighted by Gasteiger charge is 2.22. The van der Waals surface area contributed by atoms with E-state index < -0.39 is 0 Å². The summed E-state index contributed by atoms with van der Waals surface area (Å²) in [7, 11) is 0. The number of hydrogen-bond acceptors (Lipinski definition) is 3. The number of ether oxygens (including phenoxy) is 1. The topological polar surface area (TPSA) is 46.6 Å². The van der Waals surface area contributed by atoms with Crippen molar-refractivity contribution < 1.29 is 14.3 Å². The van der Waals surface area contributed by atoms with Gasteiger partial charge in [-0.25, -0.2) is 0 Å². The Balaban J connectivity index is 4.56. The molecule has 1 atom stereocenters. The molecule has 0 unspecified atom stereocenters. The van der Waals surface area contributed by atoms with Gasteiger partial charge in [-0.2, -0.15) is 0 Å². The van der Waals surface area contributed by atoms with Crippen LogP contribution in [0.15, 0.2) is 24.8 Å². The molecule has 108 valence electrons.